The molecule has 1 aromatic carbocycles. The van der Waals surface area contributed by atoms with E-state index in [2.05, 4.69) is 20.6 Å². The van der Waals surface area contributed by atoms with Gasteiger partial charge in [-0.15, -0.1) is 5.10 Å². The summed E-state index contributed by atoms with van der Waals surface area (Å²) < 4.78 is 14.6. The Morgan fingerprint density at radius 1 is 1.20 bits per heavy atom. The molecule has 0 spiro atoms. The predicted octanol–water partition coefficient (Wildman–Crippen LogP) is 3.16. The van der Waals surface area contributed by atoms with Gasteiger partial charge in [0.1, 0.15) is 17.9 Å². The van der Waals surface area contributed by atoms with E-state index in [1.807, 2.05) is 48.1 Å². The highest BCUT2D eigenvalue weighted by Crippen LogP contribution is 2.26. The summed E-state index contributed by atoms with van der Waals surface area (Å²) in [6.45, 7) is 6.28. The molecule has 0 bridgehead atoms. The maximum atomic E-state index is 12.8. The number of piperidine rings is 1. The normalized spacial score (nSPS) is 18.2. The van der Waals surface area contributed by atoms with Crippen LogP contribution in [0, 0.1) is 0 Å². The Morgan fingerprint density at radius 3 is 2.66 bits per heavy atom. The minimum Gasteiger partial charge on any atom is -0.445 e. The molecule has 1 aliphatic rings. The van der Waals surface area contributed by atoms with E-state index in [1.54, 1.807) is 42.9 Å². The van der Waals surface area contributed by atoms with Crippen LogP contribution >= 0.6 is 0 Å². The van der Waals surface area contributed by atoms with Crippen LogP contribution in [0.2, 0.25) is 0 Å². The number of ether oxygens (including phenoxy) is 2. The molecule has 0 radical (unpaired) electrons. The number of alkyl carbamates (subject to hydrolysis) is 1. The van der Waals surface area contributed by atoms with Crippen molar-refractivity contribution in [2.24, 2.45) is 7.05 Å². The van der Waals surface area contributed by atoms with Crippen molar-refractivity contribution in [3.05, 3.63) is 54.6 Å². The number of carbonyl (C=O) groups is 2. The largest absolute Gasteiger partial charge is 0.445 e. The van der Waals surface area contributed by atoms with Crippen molar-refractivity contribution in [1.82, 2.24) is 34.8 Å². The number of nitrogens with one attached hydrogen (secondary N) is 1. The van der Waals surface area contributed by atoms with Crippen LogP contribution in [-0.2, 0) is 23.1 Å². The van der Waals surface area contributed by atoms with Crippen LogP contribution in [0.3, 0.4) is 0 Å². The Hall–Kier alpha value is -3.89. The molecule has 1 fully saturated rings. The van der Waals surface area contributed by atoms with Crippen LogP contribution in [0.1, 0.15) is 38.8 Å². The Bertz CT molecular complexity index is 1150. The first-order valence-electron chi connectivity index (χ1n) is 11.5. The minimum atomic E-state index is -0.650. The smallest absolute Gasteiger partial charge is 0.410 e. The SMILES string of the molecule is Cn1cncc1-c1cn([C@H]2CCN(C(=O)OCc3ccccc3)C[C@@H]2NC(=O)OC(C)(C)C)nn1. The van der Waals surface area contributed by atoms with Crippen molar-refractivity contribution in [2.45, 2.75) is 51.5 Å². The van der Waals surface area contributed by atoms with Crippen molar-refractivity contribution < 1.29 is 19.1 Å². The van der Waals surface area contributed by atoms with Gasteiger partial charge < -0.3 is 24.3 Å². The molecule has 1 saturated heterocycles. The zero-order valence-electron chi connectivity index (χ0n) is 20.4. The second kappa shape index (κ2) is 10.2. The average molecular weight is 482 g/mol. The molecule has 2 aromatic heterocycles. The van der Waals surface area contributed by atoms with Gasteiger partial charge in [-0.3, -0.25) is 0 Å². The van der Waals surface area contributed by atoms with E-state index >= 15 is 0 Å². The lowest BCUT2D eigenvalue weighted by molar-refractivity contribution is 0.0393. The second-order valence-electron chi connectivity index (χ2n) is 9.57. The van der Waals surface area contributed by atoms with Crippen molar-refractivity contribution in [1.29, 1.82) is 0 Å². The maximum Gasteiger partial charge on any atom is 0.410 e. The highest BCUT2D eigenvalue weighted by Gasteiger charge is 2.36. The summed E-state index contributed by atoms with van der Waals surface area (Å²) in [6, 6.07) is 8.82. The summed E-state index contributed by atoms with van der Waals surface area (Å²) in [5.41, 5.74) is 1.76. The Balaban J connectivity index is 1.48. The topological polar surface area (TPSA) is 116 Å². The fourth-order valence-corrected chi connectivity index (χ4v) is 3.99. The molecular weight excluding hydrogens is 450 g/mol. The van der Waals surface area contributed by atoms with Crippen molar-refractivity contribution in [3.8, 4) is 11.4 Å². The van der Waals surface area contributed by atoms with Crippen molar-refractivity contribution in [2.75, 3.05) is 13.1 Å². The lowest BCUT2D eigenvalue weighted by Gasteiger charge is -2.38. The van der Waals surface area contributed by atoms with Gasteiger partial charge in [0, 0.05) is 20.1 Å². The number of nitrogens with zero attached hydrogens (tertiary/aromatic N) is 6. The number of rotatable bonds is 5. The van der Waals surface area contributed by atoms with Crippen molar-refractivity contribution in [3.63, 3.8) is 0 Å². The van der Waals surface area contributed by atoms with E-state index in [1.165, 1.54) is 0 Å². The van der Waals surface area contributed by atoms with Crippen LogP contribution < -0.4 is 5.32 Å². The molecule has 2 amide bonds. The summed E-state index contributed by atoms with van der Waals surface area (Å²) >= 11 is 0. The van der Waals surface area contributed by atoms with Crippen LogP contribution in [0.5, 0.6) is 0 Å². The number of carbonyl (C=O) groups excluding carboxylic acids is 2. The quantitative estimate of drug-likeness (QED) is 0.595. The molecule has 186 valence electrons. The summed E-state index contributed by atoms with van der Waals surface area (Å²) in [4.78, 5) is 31.1. The Morgan fingerprint density at radius 2 is 1.97 bits per heavy atom. The predicted molar refractivity (Wildman–Crippen MR) is 127 cm³/mol. The van der Waals surface area contributed by atoms with Crippen LogP contribution in [-0.4, -0.2) is 66.4 Å². The highest BCUT2D eigenvalue weighted by atomic mass is 16.6. The molecule has 35 heavy (non-hydrogen) atoms. The van der Waals surface area contributed by atoms with Crippen LogP contribution in [0.4, 0.5) is 9.59 Å². The third-order valence-electron chi connectivity index (χ3n) is 5.67. The van der Waals surface area contributed by atoms with Gasteiger partial charge in [0.2, 0.25) is 0 Å². The van der Waals surface area contributed by atoms with Crippen molar-refractivity contribution >= 4 is 12.2 Å². The molecule has 2 atom stereocenters. The molecule has 1 N–H and O–H groups in total. The number of amides is 2. The van der Waals surface area contributed by atoms with Gasteiger partial charge in [0.25, 0.3) is 0 Å². The first kappa shape index (κ1) is 24.2. The fourth-order valence-electron chi connectivity index (χ4n) is 3.99. The van der Waals surface area contributed by atoms with E-state index in [0.717, 1.165) is 11.3 Å². The van der Waals surface area contributed by atoms with E-state index in [4.69, 9.17) is 9.47 Å². The standard InChI is InChI=1S/C24H31N7O4/c1-24(2,3)35-22(32)26-18-13-30(23(33)34-15-17-8-6-5-7-9-17)11-10-20(18)31-14-19(27-28-31)21-12-25-16-29(21)4/h5-9,12,14,16,18,20H,10-11,13,15H2,1-4H3,(H,26,32)/t18-,20-/m0/s1. The molecule has 11 heteroatoms. The monoisotopic (exact) mass is 481 g/mol. The molecule has 0 saturated carbocycles. The minimum absolute atomic E-state index is 0.181. The molecule has 0 unspecified atom stereocenters. The number of benzene rings is 1. The number of aromatic nitrogens is 5. The lowest BCUT2D eigenvalue weighted by atomic mass is 9.99. The zero-order valence-corrected chi connectivity index (χ0v) is 20.4. The van der Waals surface area contributed by atoms with E-state index < -0.39 is 23.8 Å². The molecule has 11 nitrogen and oxygen atoms in total. The summed E-state index contributed by atoms with van der Waals surface area (Å²) in [5, 5.41) is 11.5. The Labute approximate surface area is 204 Å². The number of likely N-dealkylation sites (tertiary alicyclic amines) is 1. The first-order chi connectivity index (χ1) is 16.7. The zero-order chi connectivity index (χ0) is 25.0. The van der Waals surface area contributed by atoms with Crippen LogP contribution in [0.25, 0.3) is 11.4 Å². The van der Waals surface area contributed by atoms with Gasteiger partial charge in [-0.25, -0.2) is 19.3 Å². The van der Waals surface area contributed by atoms with Gasteiger partial charge in [0.05, 0.1) is 36.5 Å². The summed E-state index contributed by atoms with van der Waals surface area (Å²) in [7, 11) is 1.88. The van der Waals surface area contributed by atoms with E-state index in [-0.39, 0.29) is 19.2 Å². The molecule has 3 heterocycles. The van der Waals surface area contributed by atoms with Gasteiger partial charge in [-0.1, -0.05) is 35.5 Å². The van der Waals surface area contributed by atoms with Gasteiger partial charge in [-0.05, 0) is 32.8 Å². The third-order valence-corrected chi connectivity index (χ3v) is 5.67. The fraction of sp³-hybridized carbons (Fsp3) is 0.458. The molecule has 0 aliphatic carbocycles. The average Bonchev–Trinajstić information content (AvgIpc) is 3.45. The van der Waals surface area contributed by atoms with Gasteiger partial charge in [-0.2, -0.15) is 0 Å². The molecule has 1 aliphatic heterocycles. The first-order valence-corrected chi connectivity index (χ1v) is 11.5. The second-order valence-corrected chi connectivity index (χ2v) is 9.57. The highest BCUT2D eigenvalue weighted by molar-refractivity contribution is 5.70. The summed E-state index contributed by atoms with van der Waals surface area (Å²) in [6.07, 6.45) is 4.80. The number of hydrogen-bond acceptors (Lipinski definition) is 7. The number of imidazole rings is 1. The maximum absolute atomic E-state index is 12.8. The van der Waals surface area contributed by atoms with Gasteiger partial charge >= 0.3 is 12.2 Å². The lowest BCUT2D eigenvalue weighted by Crippen LogP contribution is -2.55. The van der Waals surface area contributed by atoms with E-state index in [9.17, 15) is 9.59 Å². The molecular formula is C24H31N7O4. The van der Waals surface area contributed by atoms with E-state index in [0.29, 0.717) is 18.7 Å². The number of aryl methyl sites for hydroxylation is 1. The molecule has 4 rings (SSSR count). The molecule has 3 aromatic rings. The number of hydrogen-bond donors (Lipinski definition) is 1. The third kappa shape index (κ3) is 6.17. The van der Waals surface area contributed by atoms with Gasteiger partial charge in [0.15, 0.2) is 0 Å². The summed E-state index contributed by atoms with van der Waals surface area (Å²) in [5.74, 6) is 0. The Kier molecular flexibility index (Phi) is 7.04. The van der Waals surface area contributed by atoms with Crippen LogP contribution in [0.15, 0.2) is 49.1 Å².